The smallest absolute Gasteiger partial charge is 0.294 e. The van der Waals surface area contributed by atoms with E-state index in [1.54, 1.807) is 26.3 Å². The van der Waals surface area contributed by atoms with Crippen molar-refractivity contribution in [1.82, 2.24) is 4.90 Å². The predicted molar refractivity (Wildman–Crippen MR) is 89.7 cm³/mol. The van der Waals surface area contributed by atoms with Crippen LogP contribution in [-0.4, -0.2) is 29.9 Å². The number of nitro groups is 1. The first kappa shape index (κ1) is 17.2. The van der Waals surface area contributed by atoms with Gasteiger partial charge in [0.2, 0.25) is 0 Å². The summed E-state index contributed by atoms with van der Waals surface area (Å²) in [6.45, 7) is 0.369. The van der Waals surface area contributed by atoms with E-state index in [-0.39, 0.29) is 22.8 Å². The number of hydrazine groups is 1. The number of hydrogen-bond acceptors (Lipinski definition) is 6. The highest BCUT2D eigenvalue weighted by molar-refractivity contribution is 5.95. The molecule has 1 amide bonds. The number of nitrogen functional groups attached to an aromatic ring is 1. The van der Waals surface area contributed by atoms with Gasteiger partial charge in [-0.1, -0.05) is 12.1 Å². The third kappa shape index (κ3) is 3.79. The molecule has 0 unspecified atom stereocenters. The fraction of sp³-hybridized carbons (Fsp3) is 0.188. The summed E-state index contributed by atoms with van der Waals surface area (Å²) >= 11 is 0. The third-order valence-electron chi connectivity index (χ3n) is 3.52. The van der Waals surface area contributed by atoms with Crippen LogP contribution < -0.4 is 16.0 Å². The van der Waals surface area contributed by atoms with Crippen LogP contribution in [0.15, 0.2) is 42.5 Å². The van der Waals surface area contributed by atoms with Gasteiger partial charge in [-0.05, 0) is 29.8 Å². The second-order valence-corrected chi connectivity index (χ2v) is 5.14. The molecule has 0 saturated heterocycles. The molecule has 3 N–H and O–H groups in total. The van der Waals surface area contributed by atoms with E-state index < -0.39 is 4.92 Å². The first-order valence-corrected chi connectivity index (χ1v) is 7.09. The second-order valence-electron chi connectivity index (χ2n) is 5.14. The van der Waals surface area contributed by atoms with Gasteiger partial charge < -0.3 is 15.1 Å². The molecule has 24 heavy (non-hydrogen) atoms. The number of hydrogen-bond donors (Lipinski definition) is 2. The lowest BCUT2D eigenvalue weighted by Gasteiger charge is -2.18. The van der Waals surface area contributed by atoms with Crippen LogP contribution in [0, 0.1) is 10.1 Å². The van der Waals surface area contributed by atoms with Crippen molar-refractivity contribution >= 4 is 17.3 Å². The molecule has 8 heteroatoms. The molecule has 0 aliphatic heterocycles. The van der Waals surface area contributed by atoms with Crippen LogP contribution in [0.4, 0.5) is 11.4 Å². The Bertz CT molecular complexity index is 746. The van der Waals surface area contributed by atoms with Crippen LogP contribution in [0.2, 0.25) is 0 Å². The Balaban J connectivity index is 2.17. The van der Waals surface area contributed by atoms with E-state index in [9.17, 15) is 14.9 Å². The van der Waals surface area contributed by atoms with E-state index in [4.69, 9.17) is 10.6 Å². The molecule has 0 atom stereocenters. The topological polar surface area (TPSA) is 111 Å². The van der Waals surface area contributed by atoms with Crippen LogP contribution in [0.25, 0.3) is 0 Å². The minimum absolute atomic E-state index is 0.148. The minimum atomic E-state index is -0.588. The van der Waals surface area contributed by atoms with Crippen molar-refractivity contribution in [2.24, 2.45) is 5.84 Å². The second kappa shape index (κ2) is 7.42. The van der Waals surface area contributed by atoms with Crippen molar-refractivity contribution < 1.29 is 14.5 Å². The normalized spacial score (nSPS) is 10.1. The molecule has 2 aromatic rings. The van der Waals surface area contributed by atoms with Crippen molar-refractivity contribution in [3.63, 3.8) is 0 Å². The molecule has 8 nitrogen and oxygen atoms in total. The monoisotopic (exact) mass is 330 g/mol. The Morgan fingerprint density at radius 3 is 2.50 bits per heavy atom. The average molecular weight is 330 g/mol. The summed E-state index contributed by atoms with van der Waals surface area (Å²) in [6.07, 6.45) is 0. The Morgan fingerprint density at radius 2 is 1.96 bits per heavy atom. The summed E-state index contributed by atoms with van der Waals surface area (Å²) in [6, 6.07) is 11.4. The first-order chi connectivity index (χ1) is 11.5. The van der Waals surface area contributed by atoms with Crippen LogP contribution in [0.3, 0.4) is 0 Å². The van der Waals surface area contributed by atoms with Crippen LogP contribution in [0.1, 0.15) is 15.9 Å². The highest BCUT2D eigenvalue weighted by atomic mass is 16.6. The fourth-order valence-electron chi connectivity index (χ4n) is 2.23. The zero-order valence-electron chi connectivity index (χ0n) is 13.4. The number of anilines is 1. The zero-order valence-corrected chi connectivity index (χ0v) is 13.4. The van der Waals surface area contributed by atoms with Gasteiger partial charge in [0.15, 0.2) is 0 Å². The number of ether oxygens (including phenoxy) is 1. The van der Waals surface area contributed by atoms with E-state index in [1.807, 2.05) is 12.1 Å². The molecule has 0 aliphatic carbocycles. The van der Waals surface area contributed by atoms with Crippen LogP contribution in [-0.2, 0) is 6.54 Å². The quantitative estimate of drug-likeness (QED) is 0.477. The van der Waals surface area contributed by atoms with Gasteiger partial charge in [-0.3, -0.25) is 20.8 Å². The SMILES string of the molecule is COc1ccc(CN(C)C(=O)c2ccc(NN)c([N+](=O)[O-])c2)cc1. The Kier molecular flexibility index (Phi) is 5.33. The third-order valence-corrected chi connectivity index (χ3v) is 3.52. The number of nitro benzene ring substituents is 1. The van der Waals surface area contributed by atoms with Crippen molar-refractivity contribution in [1.29, 1.82) is 0 Å². The zero-order chi connectivity index (χ0) is 17.7. The standard InChI is InChI=1S/C16H18N4O4/c1-19(10-11-3-6-13(24-2)7-4-11)16(21)12-5-8-14(18-17)15(9-12)20(22)23/h3-9,18H,10,17H2,1-2H3. The van der Waals surface area contributed by atoms with Gasteiger partial charge in [-0.25, -0.2) is 0 Å². The molecule has 0 fully saturated rings. The lowest BCUT2D eigenvalue weighted by Crippen LogP contribution is -2.26. The number of amides is 1. The van der Waals surface area contributed by atoms with E-state index in [1.165, 1.54) is 23.1 Å². The number of methoxy groups -OCH3 is 1. The number of nitrogens with one attached hydrogen (secondary N) is 1. The van der Waals surface area contributed by atoms with E-state index in [2.05, 4.69) is 5.43 Å². The molecule has 0 bridgehead atoms. The molecule has 0 radical (unpaired) electrons. The summed E-state index contributed by atoms with van der Waals surface area (Å²) in [4.78, 5) is 24.4. The molecule has 0 spiro atoms. The number of nitrogens with two attached hydrogens (primary N) is 1. The maximum atomic E-state index is 12.5. The minimum Gasteiger partial charge on any atom is -0.497 e. The molecule has 2 rings (SSSR count). The van der Waals surface area contributed by atoms with E-state index in [0.29, 0.717) is 6.54 Å². The van der Waals surface area contributed by atoms with Gasteiger partial charge in [0, 0.05) is 25.2 Å². The summed E-state index contributed by atoms with van der Waals surface area (Å²) in [5.74, 6) is 5.65. The molecule has 0 saturated carbocycles. The molecule has 0 aromatic heterocycles. The number of benzene rings is 2. The van der Waals surface area contributed by atoms with Gasteiger partial charge in [-0.2, -0.15) is 0 Å². The van der Waals surface area contributed by atoms with Gasteiger partial charge in [0.25, 0.3) is 11.6 Å². The molecule has 0 aliphatic rings. The lowest BCUT2D eigenvalue weighted by molar-refractivity contribution is -0.384. The summed E-state index contributed by atoms with van der Waals surface area (Å²) in [7, 11) is 3.21. The Hall–Kier alpha value is -3.13. The lowest BCUT2D eigenvalue weighted by atomic mass is 10.1. The maximum Gasteiger partial charge on any atom is 0.294 e. The number of carbonyl (C=O) groups excluding carboxylic acids is 1. The highest BCUT2D eigenvalue weighted by Crippen LogP contribution is 2.25. The van der Waals surface area contributed by atoms with Gasteiger partial charge >= 0.3 is 0 Å². The first-order valence-electron chi connectivity index (χ1n) is 7.09. The molecular formula is C16H18N4O4. The van der Waals surface area contributed by atoms with Crippen molar-refractivity contribution in [2.45, 2.75) is 6.54 Å². The number of rotatable bonds is 6. The van der Waals surface area contributed by atoms with Gasteiger partial charge in [-0.15, -0.1) is 0 Å². The van der Waals surface area contributed by atoms with Crippen LogP contribution in [0.5, 0.6) is 5.75 Å². The number of carbonyl (C=O) groups is 1. The largest absolute Gasteiger partial charge is 0.497 e. The Labute approximate surface area is 138 Å². The fourth-order valence-corrected chi connectivity index (χ4v) is 2.23. The van der Waals surface area contributed by atoms with E-state index >= 15 is 0 Å². The molecule has 2 aromatic carbocycles. The predicted octanol–water partition coefficient (Wildman–Crippen LogP) is 2.16. The van der Waals surface area contributed by atoms with Crippen molar-refractivity contribution in [2.75, 3.05) is 19.6 Å². The summed E-state index contributed by atoms with van der Waals surface area (Å²) in [5.41, 5.74) is 3.28. The van der Waals surface area contributed by atoms with Crippen LogP contribution >= 0.6 is 0 Å². The average Bonchev–Trinajstić information content (AvgIpc) is 2.61. The maximum absolute atomic E-state index is 12.5. The van der Waals surface area contributed by atoms with Crippen molar-refractivity contribution in [3.05, 3.63) is 63.7 Å². The molecular weight excluding hydrogens is 312 g/mol. The molecule has 0 heterocycles. The highest BCUT2D eigenvalue weighted by Gasteiger charge is 2.19. The van der Waals surface area contributed by atoms with Gasteiger partial charge in [0.05, 0.1) is 12.0 Å². The van der Waals surface area contributed by atoms with Crippen molar-refractivity contribution in [3.8, 4) is 5.75 Å². The molecule has 126 valence electrons. The van der Waals surface area contributed by atoms with E-state index in [0.717, 1.165) is 11.3 Å². The Morgan fingerprint density at radius 1 is 1.29 bits per heavy atom. The summed E-state index contributed by atoms with van der Waals surface area (Å²) < 4.78 is 5.09. The number of nitrogens with zero attached hydrogens (tertiary/aromatic N) is 2. The van der Waals surface area contributed by atoms with Gasteiger partial charge in [0.1, 0.15) is 11.4 Å². The summed E-state index contributed by atoms with van der Waals surface area (Å²) in [5, 5.41) is 11.0.